The molecule has 1 aliphatic heterocycles. The molecular formula is C17H19N3O3. The van der Waals surface area contributed by atoms with Crippen molar-refractivity contribution < 1.29 is 4.74 Å². The minimum absolute atomic E-state index is 0.273. The van der Waals surface area contributed by atoms with Gasteiger partial charge in [-0.1, -0.05) is 18.2 Å². The lowest BCUT2D eigenvalue weighted by Crippen LogP contribution is -2.43. The van der Waals surface area contributed by atoms with Crippen LogP contribution in [0.1, 0.15) is 11.3 Å². The van der Waals surface area contributed by atoms with Gasteiger partial charge in [0.05, 0.1) is 12.8 Å². The minimum atomic E-state index is -0.330. The van der Waals surface area contributed by atoms with Crippen LogP contribution in [0.25, 0.3) is 5.57 Å². The van der Waals surface area contributed by atoms with Gasteiger partial charge in [0.15, 0.2) is 0 Å². The van der Waals surface area contributed by atoms with E-state index in [0.717, 1.165) is 21.5 Å². The van der Waals surface area contributed by atoms with Gasteiger partial charge in [-0.2, -0.15) is 0 Å². The monoisotopic (exact) mass is 313 g/mol. The quantitative estimate of drug-likeness (QED) is 0.829. The highest BCUT2D eigenvalue weighted by Crippen LogP contribution is 2.32. The maximum absolute atomic E-state index is 12.5. The van der Waals surface area contributed by atoms with Crippen LogP contribution in [0.5, 0.6) is 5.75 Å². The van der Waals surface area contributed by atoms with Crippen molar-refractivity contribution in [2.24, 2.45) is 14.1 Å². The highest BCUT2D eigenvalue weighted by Gasteiger charge is 2.25. The van der Waals surface area contributed by atoms with Gasteiger partial charge >= 0.3 is 5.69 Å². The Kier molecular flexibility index (Phi) is 3.60. The van der Waals surface area contributed by atoms with Gasteiger partial charge < -0.3 is 9.64 Å². The fourth-order valence-electron chi connectivity index (χ4n) is 2.92. The van der Waals surface area contributed by atoms with Crippen molar-refractivity contribution in [1.29, 1.82) is 0 Å². The highest BCUT2D eigenvalue weighted by molar-refractivity contribution is 5.86. The summed E-state index contributed by atoms with van der Waals surface area (Å²) in [5.41, 5.74) is 2.43. The fraction of sp³-hybridized carbons (Fsp3) is 0.294. The second-order valence-electron chi connectivity index (χ2n) is 5.63. The van der Waals surface area contributed by atoms with E-state index in [4.69, 9.17) is 4.74 Å². The first-order valence-corrected chi connectivity index (χ1v) is 7.31. The number of methoxy groups -OCH3 is 1. The molecule has 0 bridgehead atoms. The Hall–Kier alpha value is -2.76. The number of ether oxygens (including phenoxy) is 1. The van der Waals surface area contributed by atoms with E-state index in [1.807, 2.05) is 42.3 Å². The largest absolute Gasteiger partial charge is 0.497 e. The smallest absolute Gasteiger partial charge is 0.331 e. The summed E-state index contributed by atoms with van der Waals surface area (Å²) in [7, 11) is 6.67. The van der Waals surface area contributed by atoms with Gasteiger partial charge in [0.2, 0.25) is 0 Å². The molecule has 0 unspecified atom stereocenters. The summed E-state index contributed by atoms with van der Waals surface area (Å²) in [5.74, 6) is 0.764. The van der Waals surface area contributed by atoms with Crippen LogP contribution < -0.4 is 20.9 Å². The first-order chi connectivity index (χ1) is 11.0. The summed E-state index contributed by atoms with van der Waals surface area (Å²) < 4.78 is 7.86. The highest BCUT2D eigenvalue weighted by atomic mass is 16.5. The van der Waals surface area contributed by atoms with Crippen molar-refractivity contribution in [1.82, 2.24) is 9.13 Å². The fourth-order valence-corrected chi connectivity index (χ4v) is 2.92. The zero-order chi connectivity index (χ0) is 16.7. The van der Waals surface area contributed by atoms with Crippen LogP contribution in [0.2, 0.25) is 0 Å². The summed E-state index contributed by atoms with van der Waals surface area (Å²) in [5, 5.41) is 0. The Balaban J connectivity index is 2.28. The Morgan fingerprint density at radius 3 is 2.26 bits per heavy atom. The molecule has 2 heterocycles. The molecule has 120 valence electrons. The van der Waals surface area contributed by atoms with Crippen LogP contribution in [0.3, 0.4) is 0 Å². The molecule has 0 fully saturated rings. The second kappa shape index (κ2) is 5.46. The number of fused-ring (bicyclic) bond motifs is 1. The lowest BCUT2D eigenvalue weighted by molar-refractivity contribution is 0.415. The first-order valence-electron chi connectivity index (χ1n) is 7.31. The molecule has 2 aromatic rings. The molecule has 0 N–H and O–H groups in total. The summed E-state index contributed by atoms with van der Waals surface area (Å²) >= 11 is 0. The van der Waals surface area contributed by atoms with Crippen LogP contribution in [0.4, 0.5) is 5.69 Å². The van der Waals surface area contributed by atoms with Crippen molar-refractivity contribution in [2.75, 3.05) is 25.6 Å². The number of aromatic nitrogens is 2. The summed E-state index contributed by atoms with van der Waals surface area (Å²) in [6.07, 6.45) is 2.03. The van der Waals surface area contributed by atoms with Gasteiger partial charge in [0.1, 0.15) is 11.4 Å². The van der Waals surface area contributed by atoms with Gasteiger partial charge in [0.25, 0.3) is 5.56 Å². The molecule has 1 aromatic heterocycles. The van der Waals surface area contributed by atoms with E-state index < -0.39 is 0 Å². The Morgan fingerprint density at radius 1 is 1.00 bits per heavy atom. The molecule has 0 spiro atoms. The van der Waals surface area contributed by atoms with E-state index in [0.29, 0.717) is 17.9 Å². The molecule has 0 amide bonds. The molecule has 0 radical (unpaired) electrons. The van der Waals surface area contributed by atoms with Gasteiger partial charge in [-0.25, -0.2) is 4.79 Å². The molecule has 0 saturated heterocycles. The third-order valence-electron chi connectivity index (χ3n) is 4.25. The predicted octanol–water partition coefficient (Wildman–Crippen LogP) is 0.974. The molecule has 0 atom stereocenters. The van der Waals surface area contributed by atoms with Crippen molar-refractivity contribution in [3.8, 4) is 5.75 Å². The van der Waals surface area contributed by atoms with E-state index >= 15 is 0 Å². The zero-order valence-corrected chi connectivity index (χ0v) is 13.7. The van der Waals surface area contributed by atoms with E-state index in [2.05, 4.69) is 0 Å². The summed E-state index contributed by atoms with van der Waals surface area (Å²) in [6, 6.07) is 7.60. The van der Waals surface area contributed by atoms with Gasteiger partial charge in [-0.15, -0.1) is 0 Å². The molecular weight excluding hydrogens is 294 g/mol. The number of likely N-dealkylation sites (N-methyl/N-ethyl adjacent to an activating group) is 1. The minimum Gasteiger partial charge on any atom is -0.497 e. The number of anilines is 1. The van der Waals surface area contributed by atoms with Gasteiger partial charge in [-0.3, -0.25) is 13.9 Å². The Morgan fingerprint density at radius 2 is 1.65 bits per heavy atom. The van der Waals surface area contributed by atoms with E-state index in [1.165, 1.54) is 11.6 Å². The molecule has 3 rings (SSSR count). The molecule has 1 aliphatic rings. The lowest BCUT2D eigenvalue weighted by atomic mass is 9.97. The predicted molar refractivity (Wildman–Crippen MR) is 90.3 cm³/mol. The molecule has 23 heavy (non-hydrogen) atoms. The SMILES string of the molecule is COc1ccc(C2=CCN(C)c3c2n(C)c(=O)n(C)c3=O)cc1. The van der Waals surface area contributed by atoms with Crippen LogP contribution in [-0.2, 0) is 14.1 Å². The van der Waals surface area contributed by atoms with Gasteiger partial charge in [0, 0.05) is 33.3 Å². The number of hydrogen-bond donors (Lipinski definition) is 0. The van der Waals surface area contributed by atoms with Gasteiger partial charge in [-0.05, 0) is 17.7 Å². The van der Waals surface area contributed by atoms with Crippen molar-refractivity contribution in [2.45, 2.75) is 0 Å². The lowest BCUT2D eigenvalue weighted by Gasteiger charge is -2.28. The molecule has 6 nitrogen and oxygen atoms in total. The molecule has 1 aromatic carbocycles. The molecule has 0 saturated carbocycles. The van der Waals surface area contributed by atoms with Crippen molar-refractivity contribution >= 4 is 11.3 Å². The molecule has 0 aliphatic carbocycles. The van der Waals surface area contributed by atoms with Crippen molar-refractivity contribution in [3.05, 3.63) is 62.4 Å². The number of benzene rings is 1. The first kappa shape index (κ1) is 15.1. The van der Waals surface area contributed by atoms with E-state index in [-0.39, 0.29) is 11.2 Å². The third-order valence-corrected chi connectivity index (χ3v) is 4.25. The number of nitrogens with zero attached hydrogens (tertiary/aromatic N) is 3. The van der Waals surface area contributed by atoms with E-state index in [9.17, 15) is 9.59 Å². The van der Waals surface area contributed by atoms with Crippen molar-refractivity contribution in [3.63, 3.8) is 0 Å². The number of rotatable bonds is 2. The second-order valence-corrected chi connectivity index (χ2v) is 5.63. The Labute approximate surface area is 133 Å². The Bertz CT molecular complexity index is 904. The molecule has 6 heteroatoms. The normalized spacial score (nSPS) is 13.6. The summed E-state index contributed by atoms with van der Waals surface area (Å²) in [6.45, 7) is 0.613. The maximum atomic E-state index is 12.5. The standard InChI is InChI=1S/C17H19N3O3/c1-18-10-9-13(11-5-7-12(23-4)8-6-11)14-15(18)16(21)20(3)17(22)19(14)2/h5-9H,10H2,1-4H3. The topological polar surface area (TPSA) is 56.5 Å². The van der Waals surface area contributed by atoms with Crippen LogP contribution >= 0.6 is 0 Å². The van der Waals surface area contributed by atoms with Crippen LogP contribution in [-0.4, -0.2) is 29.8 Å². The average Bonchev–Trinajstić information content (AvgIpc) is 2.58. The third kappa shape index (κ3) is 2.27. The van der Waals surface area contributed by atoms with E-state index in [1.54, 1.807) is 14.2 Å². The average molecular weight is 313 g/mol. The number of hydrogen-bond acceptors (Lipinski definition) is 4. The zero-order valence-electron chi connectivity index (χ0n) is 13.7. The van der Waals surface area contributed by atoms with Crippen LogP contribution in [0.15, 0.2) is 39.9 Å². The summed E-state index contributed by atoms with van der Waals surface area (Å²) in [4.78, 5) is 26.7. The maximum Gasteiger partial charge on any atom is 0.331 e. The van der Waals surface area contributed by atoms with Crippen LogP contribution in [0, 0.1) is 0 Å².